The minimum atomic E-state index is -0.164. The molecule has 3 heteroatoms. The van der Waals surface area contributed by atoms with Gasteiger partial charge in [0.05, 0.1) is 0 Å². The van der Waals surface area contributed by atoms with E-state index in [1.807, 2.05) is 27.8 Å². The quantitative estimate of drug-likeness (QED) is 0.526. The molecule has 0 unspecified atom stereocenters. The third kappa shape index (κ3) is 3.34. The Morgan fingerprint density at radius 2 is 2.07 bits per heavy atom. The van der Waals surface area contributed by atoms with Crippen LogP contribution in [-0.2, 0) is 4.74 Å². The lowest BCUT2D eigenvalue weighted by Gasteiger charge is -2.36. The molecular formula is C12H20FNO. The first-order valence-electron chi connectivity index (χ1n) is 5.42. The number of likely N-dealkylation sites (N-methyl/N-ethyl adjacent to an activating group) is 1. The minimum Gasteiger partial charge on any atom is -0.485 e. The number of halogens is 1. The first-order valence-corrected chi connectivity index (χ1v) is 5.42. The van der Waals surface area contributed by atoms with E-state index in [4.69, 9.17) is 4.74 Å². The van der Waals surface area contributed by atoms with E-state index >= 15 is 0 Å². The number of rotatable bonds is 4. The molecule has 1 heterocycles. The number of hydrogen-bond donors (Lipinski definition) is 0. The summed E-state index contributed by atoms with van der Waals surface area (Å²) in [5, 5.41) is 0. The van der Waals surface area contributed by atoms with Gasteiger partial charge in [0.1, 0.15) is 11.9 Å². The molecule has 1 fully saturated rings. The number of likely N-dealkylation sites (tertiary alicyclic amines) is 1. The molecule has 0 amide bonds. The standard InChI is InChI=1S/C12H20FNO/c1-5-6-11(12(13)9(2)3)15-10-7-14(4)8-10/h5-6,9-10H,7-8H2,1-4H3/b6-5-,12-11-. The van der Waals surface area contributed by atoms with E-state index in [1.165, 1.54) is 0 Å². The molecule has 0 aliphatic carbocycles. The summed E-state index contributed by atoms with van der Waals surface area (Å²) in [6.45, 7) is 7.28. The first kappa shape index (κ1) is 12.2. The van der Waals surface area contributed by atoms with E-state index < -0.39 is 0 Å². The molecule has 0 aromatic heterocycles. The Morgan fingerprint density at radius 3 is 2.47 bits per heavy atom. The predicted octanol–water partition coefficient (Wildman–Crippen LogP) is 2.73. The summed E-state index contributed by atoms with van der Waals surface area (Å²) in [5.74, 6) is 0.113. The largest absolute Gasteiger partial charge is 0.485 e. The molecule has 0 aromatic carbocycles. The lowest BCUT2D eigenvalue weighted by atomic mass is 10.1. The highest BCUT2D eigenvalue weighted by molar-refractivity contribution is 5.17. The van der Waals surface area contributed by atoms with Crippen LogP contribution in [0.2, 0.25) is 0 Å². The minimum absolute atomic E-state index is 0.117. The Hall–Kier alpha value is -0.830. The number of allylic oxidation sites excluding steroid dienone is 3. The molecule has 0 saturated carbocycles. The third-order valence-corrected chi connectivity index (χ3v) is 2.38. The third-order valence-electron chi connectivity index (χ3n) is 2.38. The molecule has 1 rings (SSSR count). The van der Waals surface area contributed by atoms with E-state index in [-0.39, 0.29) is 17.8 Å². The van der Waals surface area contributed by atoms with Gasteiger partial charge in [-0.2, -0.15) is 0 Å². The van der Waals surface area contributed by atoms with Crippen molar-refractivity contribution in [3.63, 3.8) is 0 Å². The maximum atomic E-state index is 13.7. The molecule has 1 aliphatic heterocycles. The van der Waals surface area contributed by atoms with Crippen molar-refractivity contribution >= 4 is 0 Å². The van der Waals surface area contributed by atoms with Gasteiger partial charge in [-0.15, -0.1) is 0 Å². The van der Waals surface area contributed by atoms with Gasteiger partial charge in [0.25, 0.3) is 0 Å². The van der Waals surface area contributed by atoms with Gasteiger partial charge in [-0.3, -0.25) is 4.90 Å². The number of nitrogens with zero attached hydrogens (tertiary/aromatic N) is 1. The zero-order valence-corrected chi connectivity index (χ0v) is 9.96. The number of hydrogen-bond acceptors (Lipinski definition) is 2. The van der Waals surface area contributed by atoms with E-state index in [9.17, 15) is 4.39 Å². The monoisotopic (exact) mass is 213 g/mol. The molecule has 0 N–H and O–H groups in total. The molecule has 0 radical (unpaired) electrons. The molecule has 86 valence electrons. The second kappa shape index (κ2) is 5.31. The molecule has 0 bridgehead atoms. The molecule has 1 saturated heterocycles. The summed E-state index contributed by atoms with van der Waals surface area (Å²) >= 11 is 0. The Bertz CT molecular complexity index is 265. The van der Waals surface area contributed by atoms with Crippen molar-refractivity contribution in [3.8, 4) is 0 Å². The topological polar surface area (TPSA) is 12.5 Å². The lowest BCUT2D eigenvalue weighted by molar-refractivity contribution is -0.00614. The molecule has 0 spiro atoms. The summed E-state index contributed by atoms with van der Waals surface area (Å²) in [5.41, 5.74) is 0. The summed E-state index contributed by atoms with van der Waals surface area (Å²) in [6.07, 6.45) is 3.65. The fraction of sp³-hybridized carbons (Fsp3) is 0.667. The van der Waals surface area contributed by atoms with Crippen LogP contribution in [0.15, 0.2) is 23.7 Å². The Balaban J connectivity index is 2.62. The summed E-state index contributed by atoms with van der Waals surface area (Å²) in [7, 11) is 2.03. The van der Waals surface area contributed by atoms with Crippen LogP contribution in [0.1, 0.15) is 20.8 Å². The van der Waals surface area contributed by atoms with Gasteiger partial charge in [0.15, 0.2) is 5.76 Å². The molecule has 2 nitrogen and oxygen atoms in total. The van der Waals surface area contributed by atoms with Gasteiger partial charge in [0, 0.05) is 19.0 Å². The average Bonchev–Trinajstić information content (AvgIpc) is 2.13. The molecule has 0 aromatic rings. The van der Waals surface area contributed by atoms with Crippen molar-refractivity contribution < 1.29 is 9.13 Å². The SMILES string of the molecule is C/C=C\C(OC1CN(C)C1)=C(\F)C(C)C. The average molecular weight is 213 g/mol. The van der Waals surface area contributed by atoms with Crippen LogP contribution in [0.5, 0.6) is 0 Å². The summed E-state index contributed by atoms with van der Waals surface area (Å²) < 4.78 is 19.3. The van der Waals surface area contributed by atoms with E-state index in [2.05, 4.69) is 4.90 Å². The highest BCUT2D eigenvalue weighted by atomic mass is 19.1. The van der Waals surface area contributed by atoms with Crippen molar-refractivity contribution in [2.45, 2.75) is 26.9 Å². The van der Waals surface area contributed by atoms with Gasteiger partial charge in [-0.25, -0.2) is 4.39 Å². The number of ether oxygens (including phenoxy) is 1. The van der Waals surface area contributed by atoms with Crippen LogP contribution in [0.4, 0.5) is 4.39 Å². The predicted molar refractivity (Wildman–Crippen MR) is 60.2 cm³/mol. The van der Waals surface area contributed by atoms with Gasteiger partial charge in [0.2, 0.25) is 0 Å². The van der Waals surface area contributed by atoms with Crippen LogP contribution in [0, 0.1) is 5.92 Å². The summed E-state index contributed by atoms with van der Waals surface area (Å²) in [4.78, 5) is 2.14. The fourth-order valence-electron chi connectivity index (χ4n) is 1.51. The Labute approximate surface area is 91.4 Å². The van der Waals surface area contributed by atoms with Crippen LogP contribution < -0.4 is 0 Å². The van der Waals surface area contributed by atoms with Gasteiger partial charge in [-0.1, -0.05) is 19.9 Å². The Morgan fingerprint density at radius 1 is 1.47 bits per heavy atom. The van der Waals surface area contributed by atoms with Crippen LogP contribution in [-0.4, -0.2) is 31.1 Å². The Kier molecular flexibility index (Phi) is 4.33. The van der Waals surface area contributed by atoms with Crippen LogP contribution in [0.25, 0.3) is 0 Å². The summed E-state index contributed by atoms with van der Waals surface area (Å²) in [6, 6.07) is 0. The molecule has 1 aliphatic rings. The van der Waals surface area contributed by atoms with Gasteiger partial charge < -0.3 is 4.74 Å². The lowest BCUT2D eigenvalue weighted by Crippen LogP contribution is -2.49. The smallest absolute Gasteiger partial charge is 0.151 e. The second-order valence-corrected chi connectivity index (χ2v) is 4.33. The molecular weight excluding hydrogens is 193 g/mol. The maximum Gasteiger partial charge on any atom is 0.151 e. The normalized spacial score (nSPS) is 20.7. The van der Waals surface area contributed by atoms with Crippen molar-refractivity contribution in [2.24, 2.45) is 5.92 Å². The zero-order chi connectivity index (χ0) is 11.4. The van der Waals surface area contributed by atoms with E-state index in [1.54, 1.807) is 12.2 Å². The fourth-order valence-corrected chi connectivity index (χ4v) is 1.51. The van der Waals surface area contributed by atoms with Crippen molar-refractivity contribution in [2.75, 3.05) is 20.1 Å². The van der Waals surface area contributed by atoms with Crippen molar-refractivity contribution in [3.05, 3.63) is 23.7 Å². The van der Waals surface area contributed by atoms with E-state index in [0.29, 0.717) is 5.76 Å². The highest BCUT2D eigenvalue weighted by Crippen LogP contribution is 2.22. The van der Waals surface area contributed by atoms with Crippen molar-refractivity contribution in [1.82, 2.24) is 4.90 Å². The van der Waals surface area contributed by atoms with Gasteiger partial charge >= 0.3 is 0 Å². The highest BCUT2D eigenvalue weighted by Gasteiger charge is 2.26. The van der Waals surface area contributed by atoms with Crippen LogP contribution in [0.3, 0.4) is 0 Å². The van der Waals surface area contributed by atoms with Crippen LogP contribution >= 0.6 is 0 Å². The molecule has 0 atom stereocenters. The maximum absolute atomic E-state index is 13.7. The first-order chi connectivity index (χ1) is 7.04. The van der Waals surface area contributed by atoms with E-state index in [0.717, 1.165) is 13.1 Å². The van der Waals surface area contributed by atoms with Gasteiger partial charge in [-0.05, 0) is 20.0 Å². The van der Waals surface area contributed by atoms with Crippen molar-refractivity contribution in [1.29, 1.82) is 0 Å². The second-order valence-electron chi connectivity index (χ2n) is 4.33. The molecule has 15 heavy (non-hydrogen) atoms. The zero-order valence-electron chi connectivity index (χ0n) is 9.96.